The molecule has 4 nitrogen and oxygen atoms in total. The zero-order chi connectivity index (χ0) is 13.3. The van der Waals surface area contributed by atoms with Crippen LogP contribution in [0.2, 0.25) is 0 Å². The molecule has 0 fully saturated rings. The van der Waals surface area contributed by atoms with Crippen LogP contribution in [0.3, 0.4) is 0 Å². The predicted octanol–water partition coefficient (Wildman–Crippen LogP) is 1.97. The van der Waals surface area contributed by atoms with Gasteiger partial charge in [0.25, 0.3) is 0 Å². The van der Waals surface area contributed by atoms with Crippen molar-refractivity contribution in [2.45, 2.75) is 46.1 Å². The summed E-state index contributed by atoms with van der Waals surface area (Å²) >= 11 is 0. The van der Waals surface area contributed by atoms with Crippen LogP contribution in [0.15, 0.2) is 0 Å². The summed E-state index contributed by atoms with van der Waals surface area (Å²) in [6, 6.07) is 0. The third kappa shape index (κ3) is 8.16. The topological polar surface area (TPSA) is 61.5 Å². The van der Waals surface area contributed by atoms with Crippen molar-refractivity contribution in [2.24, 2.45) is 17.6 Å². The minimum atomic E-state index is -0.167. The van der Waals surface area contributed by atoms with E-state index in [1.165, 1.54) is 0 Å². The highest BCUT2D eigenvalue weighted by Gasteiger charge is 2.16. The lowest BCUT2D eigenvalue weighted by Crippen LogP contribution is -2.21. The Labute approximate surface area is 105 Å². The molecule has 4 heteroatoms. The first-order valence-corrected chi connectivity index (χ1v) is 6.39. The van der Waals surface area contributed by atoms with Crippen LogP contribution in [-0.4, -0.2) is 32.3 Å². The highest BCUT2D eigenvalue weighted by atomic mass is 16.6. The zero-order valence-electron chi connectivity index (χ0n) is 11.6. The van der Waals surface area contributed by atoms with E-state index in [1.807, 2.05) is 6.92 Å². The van der Waals surface area contributed by atoms with Gasteiger partial charge in [0.1, 0.15) is 6.10 Å². The van der Waals surface area contributed by atoms with E-state index in [2.05, 4.69) is 13.8 Å². The summed E-state index contributed by atoms with van der Waals surface area (Å²) in [6.07, 6.45) is 2.13. The minimum Gasteiger partial charge on any atom is -0.460 e. The average Bonchev–Trinajstić information content (AvgIpc) is 2.23. The fraction of sp³-hybridized carbons (Fsp3) is 0.923. The fourth-order valence-corrected chi connectivity index (χ4v) is 1.88. The van der Waals surface area contributed by atoms with Crippen LogP contribution in [-0.2, 0) is 14.3 Å². The number of carbonyl (C=O) groups excluding carboxylic acids is 1. The van der Waals surface area contributed by atoms with Gasteiger partial charge in [0.2, 0.25) is 0 Å². The quantitative estimate of drug-likeness (QED) is 0.631. The highest BCUT2D eigenvalue weighted by Crippen LogP contribution is 2.20. The summed E-state index contributed by atoms with van der Waals surface area (Å²) in [7, 11) is 1.60. The van der Waals surface area contributed by atoms with Gasteiger partial charge >= 0.3 is 5.97 Å². The lowest BCUT2D eigenvalue weighted by atomic mass is 9.88. The maximum atomic E-state index is 11.6. The Morgan fingerprint density at radius 2 is 1.88 bits per heavy atom. The molecule has 0 heterocycles. The highest BCUT2D eigenvalue weighted by molar-refractivity contribution is 5.69. The van der Waals surface area contributed by atoms with Gasteiger partial charge in [-0.1, -0.05) is 13.8 Å². The summed E-state index contributed by atoms with van der Waals surface area (Å²) in [5.41, 5.74) is 5.56. The van der Waals surface area contributed by atoms with E-state index in [1.54, 1.807) is 7.11 Å². The van der Waals surface area contributed by atoms with Gasteiger partial charge < -0.3 is 15.2 Å². The van der Waals surface area contributed by atoms with E-state index in [0.717, 1.165) is 12.8 Å². The van der Waals surface area contributed by atoms with Crippen molar-refractivity contribution in [3.8, 4) is 0 Å². The molecule has 2 unspecified atom stereocenters. The molecule has 0 aromatic carbocycles. The standard InChI is InChI=1S/C13H27NO3/c1-10(2)12(7-8-14)5-6-13(15)17-11(3)9-16-4/h10-12H,5-9,14H2,1-4H3. The molecule has 0 aliphatic rings. The zero-order valence-corrected chi connectivity index (χ0v) is 11.6. The molecule has 0 amide bonds. The van der Waals surface area contributed by atoms with Gasteiger partial charge in [-0.05, 0) is 38.1 Å². The van der Waals surface area contributed by atoms with Gasteiger partial charge in [0, 0.05) is 13.5 Å². The first-order chi connectivity index (χ1) is 8.01. The molecular weight excluding hydrogens is 218 g/mol. The van der Waals surface area contributed by atoms with E-state index in [-0.39, 0.29) is 12.1 Å². The van der Waals surface area contributed by atoms with Crippen molar-refractivity contribution in [2.75, 3.05) is 20.3 Å². The van der Waals surface area contributed by atoms with E-state index in [4.69, 9.17) is 15.2 Å². The number of ether oxygens (including phenoxy) is 2. The Kier molecular flexibility index (Phi) is 9.09. The minimum absolute atomic E-state index is 0.141. The monoisotopic (exact) mass is 245 g/mol. The maximum Gasteiger partial charge on any atom is 0.306 e. The van der Waals surface area contributed by atoms with E-state index in [9.17, 15) is 4.79 Å². The van der Waals surface area contributed by atoms with Gasteiger partial charge in [-0.15, -0.1) is 0 Å². The lowest BCUT2D eigenvalue weighted by molar-refractivity contribution is -0.150. The number of carbonyl (C=O) groups is 1. The molecule has 0 saturated carbocycles. The summed E-state index contributed by atoms with van der Waals surface area (Å²) in [5.74, 6) is 0.922. The largest absolute Gasteiger partial charge is 0.460 e. The van der Waals surface area contributed by atoms with Crippen LogP contribution in [0.4, 0.5) is 0 Å². The number of rotatable bonds is 9. The molecule has 2 atom stereocenters. The van der Waals surface area contributed by atoms with Crippen molar-refractivity contribution in [1.29, 1.82) is 0 Å². The van der Waals surface area contributed by atoms with Crippen LogP contribution >= 0.6 is 0 Å². The van der Waals surface area contributed by atoms with Crippen molar-refractivity contribution in [3.63, 3.8) is 0 Å². The first kappa shape index (κ1) is 16.4. The van der Waals surface area contributed by atoms with Crippen molar-refractivity contribution in [3.05, 3.63) is 0 Å². The average molecular weight is 245 g/mol. The summed E-state index contributed by atoms with van der Waals surface area (Å²) in [5, 5.41) is 0. The Balaban J connectivity index is 3.87. The number of nitrogens with two attached hydrogens (primary N) is 1. The van der Waals surface area contributed by atoms with E-state index < -0.39 is 0 Å². The molecule has 0 aliphatic heterocycles. The van der Waals surface area contributed by atoms with Crippen molar-refractivity contribution < 1.29 is 14.3 Å². The molecule has 102 valence electrons. The number of methoxy groups -OCH3 is 1. The molecular formula is C13H27NO3. The molecule has 0 saturated heterocycles. The van der Waals surface area contributed by atoms with Crippen LogP contribution in [0.5, 0.6) is 0 Å². The number of hydrogen-bond donors (Lipinski definition) is 1. The molecule has 17 heavy (non-hydrogen) atoms. The maximum absolute atomic E-state index is 11.6. The molecule has 0 aliphatic carbocycles. The van der Waals surface area contributed by atoms with Gasteiger partial charge in [-0.2, -0.15) is 0 Å². The molecule has 0 bridgehead atoms. The van der Waals surface area contributed by atoms with Crippen LogP contribution in [0.1, 0.15) is 40.0 Å². The fourth-order valence-electron chi connectivity index (χ4n) is 1.88. The molecule has 0 aromatic rings. The van der Waals surface area contributed by atoms with E-state index >= 15 is 0 Å². The summed E-state index contributed by atoms with van der Waals surface area (Å²) in [6.45, 7) is 7.29. The second-order valence-corrected chi connectivity index (χ2v) is 4.88. The summed E-state index contributed by atoms with van der Waals surface area (Å²) < 4.78 is 10.1. The summed E-state index contributed by atoms with van der Waals surface area (Å²) in [4.78, 5) is 11.6. The second-order valence-electron chi connectivity index (χ2n) is 4.88. The number of esters is 1. The van der Waals surface area contributed by atoms with E-state index in [0.29, 0.717) is 31.4 Å². The SMILES string of the molecule is COCC(C)OC(=O)CCC(CCN)C(C)C. The molecule has 0 aromatic heterocycles. The van der Waals surface area contributed by atoms with Gasteiger partial charge in [0.05, 0.1) is 6.61 Å². The second kappa shape index (κ2) is 9.42. The Hall–Kier alpha value is -0.610. The normalized spacial score (nSPS) is 14.7. The third-order valence-electron chi connectivity index (χ3n) is 2.93. The van der Waals surface area contributed by atoms with Crippen LogP contribution in [0.25, 0.3) is 0 Å². The Morgan fingerprint density at radius 1 is 1.24 bits per heavy atom. The molecule has 0 spiro atoms. The Bertz CT molecular complexity index is 207. The number of hydrogen-bond acceptors (Lipinski definition) is 4. The van der Waals surface area contributed by atoms with Crippen LogP contribution in [0, 0.1) is 11.8 Å². The van der Waals surface area contributed by atoms with Crippen LogP contribution < -0.4 is 5.73 Å². The van der Waals surface area contributed by atoms with Crippen molar-refractivity contribution in [1.82, 2.24) is 0 Å². The Morgan fingerprint density at radius 3 is 2.35 bits per heavy atom. The first-order valence-electron chi connectivity index (χ1n) is 6.39. The lowest BCUT2D eigenvalue weighted by Gasteiger charge is -2.20. The van der Waals surface area contributed by atoms with Gasteiger partial charge in [0.15, 0.2) is 0 Å². The molecule has 2 N–H and O–H groups in total. The van der Waals surface area contributed by atoms with Crippen molar-refractivity contribution >= 4 is 5.97 Å². The predicted molar refractivity (Wildman–Crippen MR) is 68.7 cm³/mol. The third-order valence-corrected chi connectivity index (χ3v) is 2.93. The molecule has 0 radical (unpaired) electrons. The van der Waals surface area contributed by atoms with Gasteiger partial charge in [-0.25, -0.2) is 0 Å². The molecule has 0 rings (SSSR count). The smallest absolute Gasteiger partial charge is 0.306 e. The van der Waals surface area contributed by atoms with Gasteiger partial charge in [-0.3, -0.25) is 4.79 Å².